The van der Waals surface area contributed by atoms with Crippen LogP contribution in [-0.2, 0) is 6.61 Å². The van der Waals surface area contributed by atoms with Gasteiger partial charge in [0, 0.05) is 25.2 Å². The number of nitrogens with two attached hydrogens (primary N) is 2. The number of aliphatic imine (C=N–C) groups is 1. The standard InChI is InChI=1S/C26H29IN10O5/c1-40-17-11-18(41-2)32-16(31-17)12-42-15-5-3-14(4-6-15)24(39)37-9-7-26(8-10-37)13-30-25(36-26)35-23(38)19-21(28)34-22(29)20(27)33-19/h3-6,11H,7-10,12-13H2,1-2H3,(H4,28,29,34)(H2,30,35,36,38). The van der Waals surface area contributed by atoms with Gasteiger partial charge in [0.1, 0.15) is 16.1 Å². The summed E-state index contributed by atoms with van der Waals surface area (Å²) in [6, 6.07) is 8.51. The first kappa shape index (κ1) is 29.0. The molecule has 2 aromatic heterocycles. The van der Waals surface area contributed by atoms with Crippen molar-refractivity contribution in [3.05, 3.63) is 51.1 Å². The van der Waals surface area contributed by atoms with Gasteiger partial charge >= 0.3 is 5.91 Å². The lowest BCUT2D eigenvalue weighted by molar-refractivity contribution is 0.0669. The lowest BCUT2D eigenvalue weighted by Gasteiger charge is -2.38. The van der Waals surface area contributed by atoms with Crippen molar-refractivity contribution in [2.24, 2.45) is 4.99 Å². The fourth-order valence-corrected chi connectivity index (χ4v) is 4.96. The Morgan fingerprint density at radius 3 is 2.33 bits per heavy atom. The van der Waals surface area contributed by atoms with E-state index in [-0.39, 0.29) is 35.4 Å². The molecule has 0 aliphatic carbocycles. The molecule has 0 saturated carbocycles. The molecule has 0 bridgehead atoms. The number of hydrogen-bond acceptors (Lipinski definition) is 11. The van der Waals surface area contributed by atoms with E-state index in [9.17, 15) is 9.59 Å². The summed E-state index contributed by atoms with van der Waals surface area (Å²) in [5.41, 5.74) is 11.7. The van der Waals surface area contributed by atoms with Gasteiger partial charge in [0.15, 0.2) is 29.1 Å². The van der Waals surface area contributed by atoms with Gasteiger partial charge in [-0.15, -0.1) is 0 Å². The third-order valence-electron chi connectivity index (χ3n) is 6.92. The Balaban J connectivity index is 1.14. The van der Waals surface area contributed by atoms with Crippen molar-refractivity contribution >= 4 is 52.0 Å². The second kappa shape index (κ2) is 12.2. The number of methoxy groups -OCH3 is 2. The molecule has 6 N–H and O–H groups in total. The Hall–Kier alpha value is -4.48. The van der Waals surface area contributed by atoms with Gasteiger partial charge in [0.2, 0.25) is 11.8 Å². The second-order valence-corrected chi connectivity index (χ2v) is 10.7. The van der Waals surface area contributed by atoms with E-state index >= 15 is 0 Å². The molecule has 0 atom stereocenters. The second-order valence-electron chi connectivity index (χ2n) is 9.63. The zero-order valence-electron chi connectivity index (χ0n) is 22.9. The summed E-state index contributed by atoms with van der Waals surface area (Å²) in [5, 5.41) is 6.47. The first-order valence-corrected chi connectivity index (χ1v) is 14.0. The van der Waals surface area contributed by atoms with Crippen LogP contribution in [0.3, 0.4) is 0 Å². The number of carbonyl (C=O) groups excluding carboxylic acids is 2. The van der Waals surface area contributed by atoms with Gasteiger partial charge in [0.05, 0.1) is 25.8 Å². The fraction of sp³-hybridized carbons (Fsp3) is 0.346. The van der Waals surface area contributed by atoms with Crippen molar-refractivity contribution in [1.82, 2.24) is 35.5 Å². The van der Waals surface area contributed by atoms with Gasteiger partial charge in [-0.25, -0.2) is 9.97 Å². The van der Waals surface area contributed by atoms with Crippen LogP contribution in [0, 0.1) is 3.70 Å². The number of nitrogens with one attached hydrogen (secondary N) is 2. The molecule has 16 heteroatoms. The highest BCUT2D eigenvalue weighted by Crippen LogP contribution is 2.26. The Morgan fingerprint density at radius 2 is 1.69 bits per heavy atom. The third kappa shape index (κ3) is 6.37. The van der Waals surface area contributed by atoms with Crippen molar-refractivity contribution in [1.29, 1.82) is 0 Å². The molecule has 1 aromatic carbocycles. The molecule has 2 fully saturated rings. The smallest absolute Gasteiger partial charge is 0.302 e. The topological polar surface area (TPSA) is 205 Å². The number of rotatable bonds is 7. The molecule has 1 spiro atoms. The molecule has 5 rings (SSSR count). The Bertz CT molecular complexity index is 1500. The number of ether oxygens (including phenoxy) is 3. The number of piperidine rings is 1. The number of carbonyl (C=O) groups is 2. The number of likely N-dealkylation sites (tertiary alicyclic amines) is 1. The number of aromatic nitrogens is 4. The molecule has 0 unspecified atom stereocenters. The predicted molar refractivity (Wildman–Crippen MR) is 160 cm³/mol. The molecule has 0 radical (unpaired) electrons. The van der Waals surface area contributed by atoms with E-state index in [1.54, 1.807) is 30.3 Å². The summed E-state index contributed by atoms with van der Waals surface area (Å²) in [6.07, 6.45) is 1.34. The lowest BCUT2D eigenvalue weighted by atomic mass is 9.88. The molecule has 4 heterocycles. The van der Waals surface area contributed by atoms with Gasteiger partial charge in [0.25, 0.3) is 5.91 Å². The van der Waals surface area contributed by atoms with Crippen LogP contribution in [-0.4, -0.2) is 82.0 Å². The van der Waals surface area contributed by atoms with Crippen LogP contribution >= 0.6 is 22.6 Å². The molecule has 3 aromatic rings. The van der Waals surface area contributed by atoms with Gasteiger partial charge in [-0.05, 0) is 59.7 Å². The molecule has 2 aliphatic heterocycles. The van der Waals surface area contributed by atoms with Crippen molar-refractivity contribution in [2.75, 3.05) is 45.3 Å². The molecular weight excluding hydrogens is 659 g/mol. The minimum atomic E-state index is -0.624. The quantitative estimate of drug-likeness (QED) is 0.256. The van der Waals surface area contributed by atoms with E-state index in [0.717, 1.165) is 0 Å². The number of nitrogen functional groups attached to an aromatic ring is 2. The van der Waals surface area contributed by atoms with Crippen molar-refractivity contribution < 1.29 is 23.8 Å². The number of hydrogen-bond donors (Lipinski definition) is 4. The zero-order valence-corrected chi connectivity index (χ0v) is 25.0. The minimum absolute atomic E-state index is 0.0589. The average Bonchev–Trinajstić information content (AvgIpc) is 3.39. The lowest BCUT2D eigenvalue weighted by Crippen LogP contribution is -2.53. The van der Waals surface area contributed by atoms with Crippen LogP contribution in [0.5, 0.6) is 17.5 Å². The van der Waals surface area contributed by atoms with Crippen LogP contribution in [0.2, 0.25) is 0 Å². The molecule has 42 heavy (non-hydrogen) atoms. The monoisotopic (exact) mass is 688 g/mol. The fourth-order valence-electron chi connectivity index (χ4n) is 4.60. The van der Waals surface area contributed by atoms with Crippen molar-refractivity contribution in [3.8, 4) is 17.5 Å². The number of guanidine groups is 1. The van der Waals surface area contributed by atoms with Gasteiger partial charge in [-0.1, -0.05) is 0 Å². The highest BCUT2D eigenvalue weighted by atomic mass is 127. The molecule has 2 saturated heterocycles. The molecule has 15 nitrogen and oxygen atoms in total. The van der Waals surface area contributed by atoms with E-state index in [1.165, 1.54) is 14.2 Å². The first-order valence-electron chi connectivity index (χ1n) is 12.9. The zero-order chi connectivity index (χ0) is 29.9. The van der Waals surface area contributed by atoms with E-state index in [1.807, 2.05) is 27.5 Å². The van der Waals surface area contributed by atoms with E-state index in [4.69, 9.17) is 25.7 Å². The highest BCUT2D eigenvalue weighted by Gasteiger charge is 2.41. The van der Waals surface area contributed by atoms with Crippen molar-refractivity contribution in [2.45, 2.75) is 25.0 Å². The number of benzene rings is 1. The normalized spacial score (nSPS) is 16.5. The number of anilines is 2. The largest absolute Gasteiger partial charge is 0.486 e. The summed E-state index contributed by atoms with van der Waals surface area (Å²) in [7, 11) is 3.02. The minimum Gasteiger partial charge on any atom is -0.486 e. The number of halogens is 1. The summed E-state index contributed by atoms with van der Waals surface area (Å²) in [6.45, 7) is 1.75. The van der Waals surface area contributed by atoms with Crippen molar-refractivity contribution in [3.63, 3.8) is 0 Å². The third-order valence-corrected chi connectivity index (χ3v) is 7.71. The summed E-state index contributed by atoms with van der Waals surface area (Å²) >= 11 is 1.88. The van der Waals surface area contributed by atoms with Crippen LogP contribution in [0.15, 0.2) is 35.3 Å². The van der Waals surface area contributed by atoms with Crippen LogP contribution in [0.1, 0.15) is 39.5 Å². The van der Waals surface area contributed by atoms with Crippen LogP contribution < -0.4 is 36.3 Å². The van der Waals surface area contributed by atoms with E-state index in [0.29, 0.717) is 71.0 Å². The average molecular weight is 688 g/mol. The first-order chi connectivity index (χ1) is 20.2. The number of amides is 2. The maximum Gasteiger partial charge on any atom is 0.302 e. The van der Waals surface area contributed by atoms with Gasteiger partial charge < -0.3 is 41.2 Å². The maximum atomic E-state index is 13.2. The van der Waals surface area contributed by atoms with E-state index in [2.05, 4.69) is 35.6 Å². The van der Waals surface area contributed by atoms with Gasteiger partial charge in [-0.2, -0.15) is 15.0 Å². The summed E-state index contributed by atoms with van der Waals surface area (Å²) in [4.78, 5) is 48.3. The van der Waals surface area contributed by atoms with Crippen LogP contribution in [0.25, 0.3) is 0 Å². The van der Waals surface area contributed by atoms with Gasteiger partial charge in [-0.3, -0.25) is 9.59 Å². The SMILES string of the molecule is COc1cc(OC)nc(COc2ccc(C(=O)N3CCC4(CC3)CN/C(=N\C(=O)c3nc(I)c(N)nc3N)N4)cc2)n1. The van der Waals surface area contributed by atoms with E-state index < -0.39 is 5.91 Å². The summed E-state index contributed by atoms with van der Waals surface area (Å²) in [5.74, 6) is 1.43. The predicted octanol–water partition coefficient (Wildman–Crippen LogP) is 0.996. The highest BCUT2D eigenvalue weighted by molar-refractivity contribution is 14.1. The molecule has 2 aliphatic rings. The summed E-state index contributed by atoms with van der Waals surface area (Å²) < 4.78 is 16.5. The number of nitrogens with zero attached hydrogens (tertiary/aromatic N) is 6. The van der Waals surface area contributed by atoms with Crippen LogP contribution in [0.4, 0.5) is 11.6 Å². The molecule has 2 amide bonds. The Kier molecular flexibility index (Phi) is 8.41. The molecule has 220 valence electrons. The molecular formula is C26H29IN10O5. The maximum absolute atomic E-state index is 13.2. The Morgan fingerprint density at radius 1 is 1.02 bits per heavy atom. The Labute approximate surface area is 254 Å².